The van der Waals surface area contributed by atoms with E-state index in [-0.39, 0.29) is 0 Å². The van der Waals surface area contributed by atoms with E-state index in [1.807, 2.05) is 0 Å². The minimum Gasteiger partial charge on any atom is -0.376 e. The van der Waals surface area contributed by atoms with Gasteiger partial charge in [-0.1, -0.05) is 29.8 Å². The van der Waals surface area contributed by atoms with Crippen LogP contribution in [0.4, 0.5) is 0 Å². The number of likely N-dealkylation sites (tertiary alicyclic amines) is 1. The number of aryl methyl sites for hydroxylation is 1. The molecule has 3 nitrogen and oxygen atoms in total. The highest BCUT2D eigenvalue weighted by Gasteiger charge is 2.26. The van der Waals surface area contributed by atoms with E-state index >= 15 is 0 Å². The molecular formula is C17H24N2OS. The third-order valence-corrected chi connectivity index (χ3v) is 4.93. The van der Waals surface area contributed by atoms with Gasteiger partial charge < -0.3 is 15.0 Å². The van der Waals surface area contributed by atoms with E-state index < -0.39 is 0 Å². The SMILES string of the molecule is Cc1ccc([C@@H]2CCN(C(=S)NC[C@@H]3CCCO3)C2)cc1. The lowest BCUT2D eigenvalue weighted by molar-refractivity contribution is 0.113. The van der Waals surface area contributed by atoms with Gasteiger partial charge in [-0.2, -0.15) is 0 Å². The standard InChI is InChI=1S/C17H24N2OS/c1-13-4-6-14(7-5-13)15-8-9-19(12-15)17(21)18-11-16-3-2-10-20-16/h4-7,15-16H,2-3,8-12H2,1H3,(H,18,21)/t15-,16+/m1/s1. The molecule has 2 aliphatic rings. The summed E-state index contributed by atoms with van der Waals surface area (Å²) in [6.07, 6.45) is 3.86. The van der Waals surface area contributed by atoms with Crippen LogP contribution in [0.25, 0.3) is 0 Å². The number of benzene rings is 1. The van der Waals surface area contributed by atoms with Crippen molar-refractivity contribution in [2.75, 3.05) is 26.2 Å². The molecule has 0 amide bonds. The summed E-state index contributed by atoms with van der Waals surface area (Å²) >= 11 is 5.53. The van der Waals surface area contributed by atoms with Gasteiger partial charge in [0, 0.05) is 32.2 Å². The van der Waals surface area contributed by atoms with Crippen molar-refractivity contribution in [3.05, 3.63) is 35.4 Å². The largest absolute Gasteiger partial charge is 0.376 e. The molecule has 114 valence electrons. The number of hydrogen-bond donors (Lipinski definition) is 1. The van der Waals surface area contributed by atoms with E-state index in [0.717, 1.165) is 37.8 Å². The molecule has 2 heterocycles. The first kappa shape index (κ1) is 14.8. The number of nitrogens with zero attached hydrogens (tertiary/aromatic N) is 1. The Kier molecular flexibility index (Phi) is 4.76. The van der Waals surface area contributed by atoms with Crippen molar-refractivity contribution >= 4 is 17.3 Å². The molecule has 0 unspecified atom stereocenters. The maximum atomic E-state index is 5.63. The van der Waals surface area contributed by atoms with Crippen molar-refractivity contribution in [1.29, 1.82) is 0 Å². The minimum atomic E-state index is 0.346. The van der Waals surface area contributed by atoms with Gasteiger partial charge in [0.25, 0.3) is 0 Å². The van der Waals surface area contributed by atoms with Crippen LogP contribution < -0.4 is 5.32 Å². The predicted octanol–water partition coefficient (Wildman–Crippen LogP) is 2.84. The van der Waals surface area contributed by atoms with E-state index in [4.69, 9.17) is 17.0 Å². The van der Waals surface area contributed by atoms with Crippen LogP contribution in [0.5, 0.6) is 0 Å². The van der Waals surface area contributed by atoms with Gasteiger partial charge >= 0.3 is 0 Å². The lowest BCUT2D eigenvalue weighted by Crippen LogP contribution is -2.41. The van der Waals surface area contributed by atoms with Gasteiger partial charge in [-0.05, 0) is 44.0 Å². The van der Waals surface area contributed by atoms with Crippen LogP contribution >= 0.6 is 12.2 Å². The lowest BCUT2D eigenvalue weighted by Gasteiger charge is -2.22. The molecule has 4 heteroatoms. The molecule has 1 aromatic carbocycles. The summed E-state index contributed by atoms with van der Waals surface area (Å²) in [5.41, 5.74) is 2.76. The summed E-state index contributed by atoms with van der Waals surface area (Å²) in [6.45, 7) is 5.97. The summed E-state index contributed by atoms with van der Waals surface area (Å²) in [5.74, 6) is 0.605. The number of thiocarbonyl (C=S) groups is 1. The highest BCUT2D eigenvalue weighted by molar-refractivity contribution is 7.80. The Balaban J connectivity index is 1.49. The zero-order chi connectivity index (χ0) is 14.7. The van der Waals surface area contributed by atoms with Gasteiger partial charge in [0.15, 0.2) is 5.11 Å². The summed E-state index contributed by atoms with van der Waals surface area (Å²) in [6, 6.07) is 8.91. The van der Waals surface area contributed by atoms with Crippen molar-refractivity contribution in [3.63, 3.8) is 0 Å². The summed E-state index contributed by atoms with van der Waals surface area (Å²) in [4.78, 5) is 2.30. The van der Waals surface area contributed by atoms with Crippen LogP contribution in [0, 0.1) is 6.92 Å². The molecule has 2 atom stereocenters. The highest BCUT2D eigenvalue weighted by Crippen LogP contribution is 2.27. The summed E-state index contributed by atoms with van der Waals surface area (Å²) in [5, 5.41) is 4.27. The van der Waals surface area contributed by atoms with E-state index in [1.165, 1.54) is 24.0 Å². The number of nitrogens with one attached hydrogen (secondary N) is 1. The van der Waals surface area contributed by atoms with E-state index in [1.54, 1.807) is 0 Å². The first-order valence-corrected chi connectivity index (χ1v) is 8.34. The maximum Gasteiger partial charge on any atom is 0.169 e. The first-order chi connectivity index (χ1) is 10.2. The second kappa shape index (κ2) is 6.75. The molecule has 1 N–H and O–H groups in total. The van der Waals surface area contributed by atoms with Crippen LogP contribution in [0.1, 0.15) is 36.3 Å². The maximum absolute atomic E-state index is 5.63. The van der Waals surface area contributed by atoms with Crippen molar-refractivity contribution in [2.45, 2.75) is 38.2 Å². The van der Waals surface area contributed by atoms with Gasteiger partial charge in [-0.15, -0.1) is 0 Å². The summed E-state index contributed by atoms with van der Waals surface area (Å²) < 4.78 is 5.63. The van der Waals surface area contributed by atoms with E-state index in [9.17, 15) is 0 Å². The Morgan fingerprint density at radius 1 is 1.33 bits per heavy atom. The molecule has 0 aliphatic carbocycles. The van der Waals surface area contributed by atoms with Crippen molar-refractivity contribution < 1.29 is 4.74 Å². The Hall–Kier alpha value is -1.13. The van der Waals surface area contributed by atoms with E-state index in [0.29, 0.717) is 12.0 Å². The second-order valence-electron chi connectivity index (χ2n) is 6.16. The lowest BCUT2D eigenvalue weighted by atomic mass is 9.98. The van der Waals surface area contributed by atoms with Crippen LogP contribution in [-0.4, -0.2) is 42.4 Å². The molecule has 21 heavy (non-hydrogen) atoms. The zero-order valence-electron chi connectivity index (χ0n) is 12.7. The fourth-order valence-electron chi connectivity index (χ4n) is 3.17. The molecule has 0 bridgehead atoms. The normalized spacial score (nSPS) is 25.3. The van der Waals surface area contributed by atoms with Crippen molar-refractivity contribution in [3.8, 4) is 0 Å². The molecule has 1 aromatic rings. The molecular weight excluding hydrogens is 280 g/mol. The molecule has 2 aliphatic heterocycles. The molecule has 2 saturated heterocycles. The minimum absolute atomic E-state index is 0.346. The van der Waals surface area contributed by atoms with Crippen molar-refractivity contribution in [2.24, 2.45) is 0 Å². The Bertz CT molecular complexity index is 482. The fourth-order valence-corrected chi connectivity index (χ4v) is 3.42. The van der Waals surface area contributed by atoms with Crippen molar-refractivity contribution in [1.82, 2.24) is 10.2 Å². The number of ether oxygens (including phenoxy) is 1. The average molecular weight is 304 g/mol. The molecule has 0 radical (unpaired) electrons. The van der Waals surface area contributed by atoms with Gasteiger partial charge in [0.1, 0.15) is 0 Å². The molecule has 0 saturated carbocycles. The fraction of sp³-hybridized carbons (Fsp3) is 0.588. The first-order valence-electron chi connectivity index (χ1n) is 7.93. The Morgan fingerprint density at radius 3 is 2.86 bits per heavy atom. The predicted molar refractivity (Wildman–Crippen MR) is 89.7 cm³/mol. The monoisotopic (exact) mass is 304 g/mol. The van der Waals surface area contributed by atoms with Crippen LogP contribution in [0.3, 0.4) is 0 Å². The third kappa shape index (κ3) is 3.74. The van der Waals surface area contributed by atoms with Gasteiger partial charge in [0.05, 0.1) is 6.10 Å². The molecule has 2 fully saturated rings. The highest BCUT2D eigenvalue weighted by atomic mass is 32.1. The van der Waals surface area contributed by atoms with Gasteiger partial charge in [-0.25, -0.2) is 0 Å². The second-order valence-corrected chi connectivity index (χ2v) is 6.55. The number of rotatable bonds is 3. The summed E-state index contributed by atoms with van der Waals surface area (Å²) in [7, 11) is 0. The topological polar surface area (TPSA) is 24.5 Å². The third-order valence-electron chi connectivity index (χ3n) is 4.53. The van der Waals surface area contributed by atoms with Crippen LogP contribution in [0.2, 0.25) is 0 Å². The molecule has 3 rings (SSSR count). The quantitative estimate of drug-likeness (QED) is 0.868. The number of hydrogen-bond acceptors (Lipinski definition) is 2. The van der Waals surface area contributed by atoms with Crippen LogP contribution in [0.15, 0.2) is 24.3 Å². The average Bonchev–Trinajstić information content (AvgIpc) is 3.17. The van der Waals surface area contributed by atoms with E-state index in [2.05, 4.69) is 41.4 Å². The molecule has 0 aromatic heterocycles. The zero-order valence-corrected chi connectivity index (χ0v) is 13.5. The van der Waals surface area contributed by atoms with Gasteiger partial charge in [0.2, 0.25) is 0 Å². The van der Waals surface area contributed by atoms with Gasteiger partial charge in [-0.3, -0.25) is 0 Å². The molecule has 0 spiro atoms. The smallest absolute Gasteiger partial charge is 0.169 e. The van der Waals surface area contributed by atoms with Crippen LogP contribution in [-0.2, 0) is 4.74 Å². The Labute approximate surface area is 132 Å². The Morgan fingerprint density at radius 2 is 2.14 bits per heavy atom.